The molecule has 4 heteroatoms. The highest BCUT2D eigenvalue weighted by Gasteiger charge is 2.08. The predicted octanol–water partition coefficient (Wildman–Crippen LogP) is 3.93. The lowest BCUT2D eigenvalue weighted by molar-refractivity contribution is 0.267. The first-order chi connectivity index (χ1) is 9.20. The number of hydrogen-bond acceptors (Lipinski definition) is 3. The maximum absolute atomic E-state index is 6.03. The molecule has 0 atom stereocenters. The van der Waals surface area contributed by atoms with Crippen LogP contribution in [0.3, 0.4) is 0 Å². The largest absolute Gasteiger partial charge is 0.484 e. The molecule has 1 heterocycles. The zero-order valence-electron chi connectivity index (χ0n) is 11.2. The third-order valence-electron chi connectivity index (χ3n) is 2.84. The van der Waals surface area contributed by atoms with E-state index in [1.807, 2.05) is 31.2 Å². The molecule has 1 aromatic carbocycles. The van der Waals surface area contributed by atoms with Gasteiger partial charge in [-0.05, 0) is 31.7 Å². The van der Waals surface area contributed by atoms with Crippen molar-refractivity contribution in [2.45, 2.75) is 27.0 Å². The van der Waals surface area contributed by atoms with Gasteiger partial charge in [0.05, 0.1) is 5.02 Å². The van der Waals surface area contributed by atoms with Gasteiger partial charge in [0.15, 0.2) is 0 Å². The van der Waals surface area contributed by atoms with Gasteiger partial charge in [0, 0.05) is 12.1 Å². The molecule has 0 amide bonds. The van der Waals surface area contributed by atoms with Crippen LogP contribution in [0, 0.1) is 6.92 Å². The van der Waals surface area contributed by atoms with Gasteiger partial charge in [-0.1, -0.05) is 30.7 Å². The molecular weight excluding hydrogens is 262 g/mol. The Balaban J connectivity index is 1.98. The topological polar surface area (TPSA) is 34.4 Å². The number of furan rings is 1. The van der Waals surface area contributed by atoms with Crippen molar-refractivity contribution in [2.24, 2.45) is 0 Å². The van der Waals surface area contributed by atoms with Crippen LogP contribution in [0.2, 0.25) is 5.02 Å². The highest BCUT2D eigenvalue weighted by Crippen LogP contribution is 2.24. The molecule has 0 saturated heterocycles. The van der Waals surface area contributed by atoms with Crippen molar-refractivity contribution in [3.05, 3.63) is 52.4 Å². The molecule has 0 radical (unpaired) electrons. The summed E-state index contributed by atoms with van der Waals surface area (Å²) in [6.07, 6.45) is 0. The molecule has 102 valence electrons. The van der Waals surface area contributed by atoms with Gasteiger partial charge in [0.1, 0.15) is 23.9 Å². The Bertz CT molecular complexity index is 537. The lowest BCUT2D eigenvalue weighted by Gasteiger charge is -2.05. The summed E-state index contributed by atoms with van der Waals surface area (Å²) >= 11 is 6.03. The van der Waals surface area contributed by atoms with E-state index in [0.717, 1.165) is 24.6 Å². The van der Waals surface area contributed by atoms with Crippen LogP contribution in [-0.4, -0.2) is 6.54 Å². The second-order valence-corrected chi connectivity index (χ2v) is 4.70. The molecule has 0 fully saturated rings. The minimum Gasteiger partial charge on any atom is -0.484 e. The first kappa shape index (κ1) is 14.0. The van der Waals surface area contributed by atoms with Gasteiger partial charge in [-0.25, -0.2) is 0 Å². The average Bonchev–Trinajstić information content (AvgIpc) is 2.76. The van der Waals surface area contributed by atoms with E-state index in [4.69, 9.17) is 20.8 Å². The molecule has 0 saturated carbocycles. The minimum absolute atomic E-state index is 0.386. The molecule has 1 aromatic heterocycles. The summed E-state index contributed by atoms with van der Waals surface area (Å²) in [7, 11) is 0. The number of para-hydroxylation sites is 1. The Morgan fingerprint density at radius 3 is 2.84 bits per heavy atom. The van der Waals surface area contributed by atoms with Crippen LogP contribution in [0.1, 0.15) is 24.0 Å². The molecule has 0 aliphatic carbocycles. The maximum Gasteiger partial charge on any atom is 0.146 e. The van der Waals surface area contributed by atoms with Gasteiger partial charge in [-0.2, -0.15) is 0 Å². The van der Waals surface area contributed by atoms with Crippen LogP contribution >= 0.6 is 11.6 Å². The van der Waals surface area contributed by atoms with Crippen LogP contribution in [0.25, 0.3) is 0 Å². The zero-order valence-corrected chi connectivity index (χ0v) is 12.0. The third kappa shape index (κ3) is 3.75. The van der Waals surface area contributed by atoms with Gasteiger partial charge >= 0.3 is 0 Å². The summed E-state index contributed by atoms with van der Waals surface area (Å²) in [4.78, 5) is 0. The van der Waals surface area contributed by atoms with Crippen molar-refractivity contribution in [2.75, 3.05) is 6.54 Å². The third-order valence-corrected chi connectivity index (χ3v) is 3.16. The van der Waals surface area contributed by atoms with Crippen LogP contribution in [0.4, 0.5) is 0 Å². The Kier molecular flexibility index (Phi) is 4.88. The van der Waals surface area contributed by atoms with Crippen LogP contribution in [-0.2, 0) is 13.2 Å². The molecule has 0 spiro atoms. The highest BCUT2D eigenvalue weighted by atomic mass is 35.5. The normalized spacial score (nSPS) is 10.7. The molecule has 0 bridgehead atoms. The van der Waals surface area contributed by atoms with Gasteiger partial charge in [-0.3, -0.25) is 0 Å². The first-order valence-electron chi connectivity index (χ1n) is 6.37. The lowest BCUT2D eigenvalue weighted by atomic mass is 10.2. The first-order valence-corrected chi connectivity index (χ1v) is 6.74. The fourth-order valence-corrected chi connectivity index (χ4v) is 1.99. The van der Waals surface area contributed by atoms with Crippen molar-refractivity contribution in [1.82, 2.24) is 5.32 Å². The molecule has 19 heavy (non-hydrogen) atoms. The Hall–Kier alpha value is -1.45. The molecule has 3 nitrogen and oxygen atoms in total. The second-order valence-electron chi connectivity index (χ2n) is 4.29. The van der Waals surface area contributed by atoms with E-state index in [1.54, 1.807) is 6.07 Å². The summed E-state index contributed by atoms with van der Waals surface area (Å²) in [5, 5.41) is 3.89. The van der Waals surface area contributed by atoms with Crippen molar-refractivity contribution in [3.8, 4) is 5.75 Å². The van der Waals surface area contributed by atoms with Crippen molar-refractivity contribution in [1.29, 1.82) is 0 Å². The van der Waals surface area contributed by atoms with E-state index in [1.165, 1.54) is 5.56 Å². The predicted molar refractivity (Wildman–Crippen MR) is 76.6 cm³/mol. The van der Waals surface area contributed by atoms with Crippen molar-refractivity contribution in [3.63, 3.8) is 0 Å². The standard InChI is InChI=1S/C15H18ClNO2/c1-3-17-9-12-8-13(19-11(12)2)10-18-15-7-5-4-6-14(15)16/h4-8,17H,3,9-10H2,1-2H3. The van der Waals surface area contributed by atoms with Gasteiger partial charge in [-0.15, -0.1) is 0 Å². The summed E-state index contributed by atoms with van der Waals surface area (Å²) in [6, 6.07) is 9.44. The molecular formula is C15H18ClNO2. The van der Waals surface area contributed by atoms with E-state index in [9.17, 15) is 0 Å². The average molecular weight is 280 g/mol. The quantitative estimate of drug-likeness (QED) is 0.870. The summed E-state index contributed by atoms with van der Waals surface area (Å²) < 4.78 is 11.3. The lowest BCUT2D eigenvalue weighted by Crippen LogP contribution is -2.11. The van der Waals surface area contributed by atoms with E-state index in [2.05, 4.69) is 12.2 Å². The molecule has 0 unspecified atom stereocenters. The number of hydrogen-bond donors (Lipinski definition) is 1. The number of ether oxygens (including phenoxy) is 1. The summed E-state index contributed by atoms with van der Waals surface area (Å²) in [5.41, 5.74) is 1.17. The monoisotopic (exact) mass is 279 g/mol. The molecule has 0 aliphatic heterocycles. The fourth-order valence-electron chi connectivity index (χ4n) is 1.80. The van der Waals surface area contributed by atoms with E-state index in [0.29, 0.717) is 17.4 Å². The van der Waals surface area contributed by atoms with Crippen LogP contribution in [0.15, 0.2) is 34.7 Å². The fraction of sp³-hybridized carbons (Fsp3) is 0.333. The van der Waals surface area contributed by atoms with E-state index >= 15 is 0 Å². The smallest absolute Gasteiger partial charge is 0.146 e. The van der Waals surface area contributed by atoms with Crippen LogP contribution < -0.4 is 10.1 Å². The number of benzene rings is 1. The Morgan fingerprint density at radius 2 is 2.11 bits per heavy atom. The van der Waals surface area contributed by atoms with Crippen molar-refractivity contribution < 1.29 is 9.15 Å². The zero-order chi connectivity index (χ0) is 13.7. The SMILES string of the molecule is CCNCc1cc(COc2ccccc2Cl)oc1C. The Morgan fingerprint density at radius 1 is 1.32 bits per heavy atom. The summed E-state index contributed by atoms with van der Waals surface area (Å²) in [6.45, 7) is 6.19. The molecule has 2 aromatic rings. The Labute approximate surface area is 118 Å². The number of aryl methyl sites for hydroxylation is 1. The summed E-state index contributed by atoms with van der Waals surface area (Å²) in [5.74, 6) is 2.41. The number of rotatable bonds is 6. The second kappa shape index (κ2) is 6.64. The van der Waals surface area contributed by atoms with E-state index < -0.39 is 0 Å². The van der Waals surface area contributed by atoms with Gasteiger partial charge in [0.2, 0.25) is 0 Å². The van der Waals surface area contributed by atoms with Crippen LogP contribution in [0.5, 0.6) is 5.75 Å². The van der Waals surface area contributed by atoms with E-state index in [-0.39, 0.29) is 0 Å². The minimum atomic E-state index is 0.386. The molecule has 0 aliphatic rings. The maximum atomic E-state index is 6.03. The molecule has 2 rings (SSSR count). The highest BCUT2D eigenvalue weighted by molar-refractivity contribution is 6.32. The van der Waals surface area contributed by atoms with Gasteiger partial charge in [0.25, 0.3) is 0 Å². The van der Waals surface area contributed by atoms with Gasteiger partial charge < -0.3 is 14.5 Å². The number of halogens is 1. The van der Waals surface area contributed by atoms with Crippen molar-refractivity contribution >= 4 is 11.6 Å². The molecule has 1 N–H and O–H groups in total. The number of nitrogens with one attached hydrogen (secondary N) is 1.